The van der Waals surface area contributed by atoms with Crippen molar-refractivity contribution in [2.24, 2.45) is 0 Å². The lowest BCUT2D eigenvalue weighted by molar-refractivity contribution is -0.385. The first-order chi connectivity index (χ1) is 9.08. The van der Waals surface area contributed by atoms with E-state index in [4.69, 9.17) is 9.47 Å². The van der Waals surface area contributed by atoms with Crippen molar-refractivity contribution in [1.82, 2.24) is 5.32 Å². The summed E-state index contributed by atoms with van der Waals surface area (Å²) in [6, 6.07) is 5.00. The Bertz CT molecular complexity index is 483. The predicted molar refractivity (Wildman–Crippen MR) is 73.5 cm³/mol. The first kappa shape index (κ1) is 14.2. The molecule has 3 atom stereocenters. The van der Waals surface area contributed by atoms with E-state index in [1.165, 1.54) is 6.07 Å². The fourth-order valence-corrected chi connectivity index (χ4v) is 2.69. The van der Waals surface area contributed by atoms with Gasteiger partial charge in [0, 0.05) is 25.6 Å². The summed E-state index contributed by atoms with van der Waals surface area (Å²) in [4.78, 5) is 10.4. The number of nitrogens with one attached hydrogen (secondary N) is 1. The van der Waals surface area contributed by atoms with E-state index in [0.717, 1.165) is 6.42 Å². The van der Waals surface area contributed by atoms with Crippen molar-refractivity contribution < 1.29 is 14.4 Å². The van der Waals surface area contributed by atoms with Crippen LogP contribution < -0.4 is 10.1 Å². The highest BCUT2D eigenvalue weighted by atomic mass is 79.9. The molecule has 1 N–H and O–H groups in total. The summed E-state index contributed by atoms with van der Waals surface area (Å²) >= 11 is 3.21. The van der Waals surface area contributed by atoms with Gasteiger partial charge >= 0.3 is 0 Å². The van der Waals surface area contributed by atoms with Gasteiger partial charge in [0.2, 0.25) is 0 Å². The normalized spacial score (nSPS) is 25.7. The Balaban J connectivity index is 2.12. The molecule has 1 saturated carbocycles. The number of rotatable bonds is 5. The Morgan fingerprint density at radius 3 is 2.84 bits per heavy atom. The van der Waals surface area contributed by atoms with E-state index in [1.54, 1.807) is 19.2 Å². The number of nitrogens with zero attached hydrogens (tertiary/aromatic N) is 1. The molecule has 19 heavy (non-hydrogen) atoms. The molecule has 0 saturated heterocycles. The first-order valence-corrected chi connectivity index (χ1v) is 6.67. The van der Waals surface area contributed by atoms with Gasteiger partial charge in [-0.2, -0.15) is 0 Å². The fourth-order valence-electron chi connectivity index (χ4n) is 2.19. The van der Waals surface area contributed by atoms with E-state index in [1.807, 2.05) is 7.05 Å². The summed E-state index contributed by atoms with van der Waals surface area (Å²) in [6.07, 6.45) is 0.668. The molecule has 0 spiro atoms. The largest absolute Gasteiger partial charge is 0.486 e. The molecule has 0 amide bonds. The monoisotopic (exact) mass is 330 g/mol. The average molecular weight is 331 g/mol. The number of ether oxygens (including phenoxy) is 2. The second-order valence-electron chi connectivity index (χ2n) is 4.33. The van der Waals surface area contributed by atoms with Crippen molar-refractivity contribution in [2.75, 3.05) is 14.2 Å². The maximum atomic E-state index is 10.8. The number of likely N-dealkylation sites (N-methyl/N-ethyl adjacent to an activating group) is 1. The second kappa shape index (κ2) is 5.85. The van der Waals surface area contributed by atoms with E-state index >= 15 is 0 Å². The minimum absolute atomic E-state index is 0.00374. The number of halogens is 1. The third-order valence-electron chi connectivity index (χ3n) is 3.31. The van der Waals surface area contributed by atoms with Crippen LogP contribution in [-0.4, -0.2) is 37.3 Å². The van der Waals surface area contributed by atoms with Crippen LogP contribution >= 0.6 is 15.9 Å². The number of hydrogen-bond donors (Lipinski definition) is 1. The molecule has 0 radical (unpaired) electrons. The molecule has 0 aromatic heterocycles. The number of nitro benzene ring substituents is 1. The average Bonchev–Trinajstić information content (AvgIpc) is 2.35. The fraction of sp³-hybridized carbons (Fsp3) is 0.500. The molecule has 3 unspecified atom stereocenters. The zero-order valence-electron chi connectivity index (χ0n) is 10.6. The summed E-state index contributed by atoms with van der Waals surface area (Å²) in [5, 5.41) is 14.0. The quantitative estimate of drug-likeness (QED) is 0.661. The van der Waals surface area contributed by atoms with Gasteiger partial charge in [-0.3, -0.25) is 10.1 Å². The standard InChI is InChI=1S/C12H15BrN2O4/c1-14-7-6-10(12(7)18-2)19-9-5-3-4-8(11(9)13)15(16)17/h3-5,7,10,12,14H,6H2,1-2H3. The molecule has 1 aromatic rings. The van der Waals surface area contributed by atoms with Crippen LogP contribution in [0.5, 0.6) is 5.75 Å². The van der Waals surface area contributed by atoms with Crippen LogP contribution in [0.4, 0.5) is 5.69 Å². The van der Waals surface area contributed by atoms with E-state index in [-0.39, 0.29) is 23.9 Å². The van der Waals surface area contributed by atoms with Crippen LogP contribution in [0.2, 0.25) is 0 Å². The predicted octanol–water partition coefficient (Wildman–Crippen LogP) is 2.11. The minimum Gasteiger partial charge on any atom is -0.486 e. The topological polar surface area (TPSA) is 73.6 Å². The van der Waals surface area contributed by atoms with E-state index in [9.17, 15) is 10.1 Å². The SMILES string of the molecule is CNC1CC(Oc2cccc([N+](=O)[O-])c2Br)C1OC. The molecule has 0 aliphatic heterocycles. The van der Waals surface area contributed by atoms with Crippen LogP contribution in [0.1, 0.15) is 6.42 Å². The van der Waals surface area contributed by atoms with Gasteiger partial charge in [-0.15, -0.1) is 0 Å². The Labute approximate surface area is 119 Å². The summed E-state index contributed by atoms with van der Waals surface area (Å²) in [5.74, 6) is 0.468. The van der Waals surface area contributed by atoms with Gasteiger partial charge in [0.05, 0.1) is 4.92 Å². The van der Waals surface area contributed by atoms with Crippen LogP contribution in [0.3, 0.4) is 0 Å². The summed E-state index contributed by atoms with van der Waals surface area (Å²) < 4.78 is 11.5. The lowest BCUT2D eigenvalue weighted by atomic mass is 9.85. The van der Waals surface area contributed by atoms with Crippen molar-refractivity contribution in [3.05, 3.63) is 32.8 Å². The van der Waals surface area contributed by atoms with Gasteiger partial charge < -0.3 is 14.8 Å². The van der Waals surface area contributed by atoms with Crippen LogP contribution in [-0.2, 0) is 4.74 Å². The van der Waals surface area contributed by atoms with E-state index in [2.05, 4.69) is 21.2 Å². The lowest BCUT2D eigenvalue weighted by Gasteiger charge is -2.43. The van der Waals surface area contributed by atoms with E-state index < -0.39 is 4.92 Å². The summed E-state index contributed by atoms with van der Waals surface area (Å²) in [6.45, 7) is 0. The third-order valence-corrected chi connectivity index (χ3v) is 4.11. The molecular weight excluding hydrogens is 316 g/mol. The molecule has 0 heterocycles. The second-order valence-corrected chi connectivity index (χ2v) is 5.13. The Morgan fingerprint density at radius 2 is 2.26 bits per heavy atom. The maximum absolute atomic E-state index is 10.8. The number of nitro groups is 1. The van der Waals surface area contributed by atoms with Crippen molar-refractivity contribution >= 4 is 21.6 Å². The molecule has 104 valence electrons. The molecule has 6 nitrogen and oxygen atoms in total. The van der Waals surface area contributed by atoms with Gasteiger partial charge in [-0.1, -0.05) is 6.07 Å². The molecule has 0 bridgehead atoms. The Hall–Kier alpha value is -1.18. The smallest absolute Gasteiger partial charge is 0.287 e. The zero-order chi connectivity index (χ0) is 14.0. The van der Waals surface area contributed by atoms with Crippen LogP contribution in [0, 0.1) is 10.1 Å². The van der Waals surface area contributed by atoms with Crippen LogP contribution in [0.25, 0.3) is 0 Å². The van der Waals surface area contributed by atoms with Gasteiger partial charge in [0.1, 0.15) is 22.4 Å². The van der Waals surface area contributed by atoms with Gasteiger partial charge in [0.25, 0.3) is 5.69 Å². The Kier molecular flexibility index (Phi) is 4.38. The number of benzene rings is 1. The highest BCUT2D eigenvalue weighted by Crippen LogP contribution is 2.37. The first-order valence-electron chi connectivity index (χ1n) is 5.88. The van der Waals surface area contributed by atoms with Gasteiger partial charge in [0.15, 0.2) is 0 Å². The summed E-state index contributed by atoms with van der Waals surface area (Å²) in [7, 11) is 3.50. The third kappa shape index (κ3) is 2.72. The molecule has 7 heteroatoms. The van der Waals surface area contributed by atoms with Crippen LogP contribution in [0.15, 0.2) is 22.7 Å². The molecule has 1 aliphatic rings. The molecule has 1 aromatic carbocycles. The summed E-state index contributed by atoms with van der Waals surface area (Å²) in [5.41, 5.74) is -0.00374. The zero-order valence-corrected chi connectivity index (χ0v) is 12.2. The van der Waals surface area contributed by atoms with Crippen molar-refractivity contribution in [3.63, 3.8) is 0 Å². The van der Waals surface area contributed by atoms with Gasteiger partial charge in [-0.05, 0) is 29.0 Å². The van der Waals surface area contributed by atoms with Gasteiger partial charge in [-0.25, -0.2) is 0 Å². The van der Waals surface area contributed by atoms with Crippen molar-refractivity contribution in [3.8, 4) is 5.75 Å². The molecule has 1 aliphatic carbocycles. The lowest BCUT2D eigenvalue weighted by Crippen LogP contribution is -2.60. The molecular formula is C12H15BrN2O4. The molecule has 2 rings (SSSR count). The van der Waals surface area contributed by atoms with Crippen molar-refractivity contribution in [1.29, 1.82) is 0 Å². The minimum atomic E-state index is -0.443. The molecule has 1 fully saturated rings. The maximum Gasteiger partial charge on any atom is 0.287 e. The highest BCUT2D eigenvalue weighted by molar-refractivity contribution is 9.10. The van der Waals surface area contributed by atoms with Crippen molar-refractivity contribution in [2.45, 2.75) is 24.7 Å². The highest BCUT2D eigenvalue weighted by Gasteiger charge is 2.42. The van der Waals surface area contributed by atoms with E-state index in [0.29, 0.717) is 10.2 Å². The Morgan fingerprint density at radius 1 is 1.53 bits per heavy atom. The number of hydrogen-bond acceptors (Lipinski definition) is 5. The number of methoxy groups -OCH3 is 1.